The zero-order valence-electron chi connectivity index (χ0n) is 9.48. The standard InChI is InChI=1S/C9H16N4O2.CHN/c10-8(11)7(9(12)14)4-13-6-2-1-3-15-5-6;1-2/h4,6,13H,1-3,5H2,(H3,10,11)(H2,12,14);1H/b7-4+;. The van der Waals surface area contributed by atoms with Crippen molar-refractivity contribution in [1.29, 1.82) is 10.7 Å². The molecule has 0 saturated carbocycles. The van der Waals surface area contributed by atoms with Crippen molar-refractivity contribution in [2.75, 3.05) is 13.2 Å². The molecule has 1 amide bonds. The highest BCUT2D eigenvalue weighted by atomic mass is 16.5. The lowest BCUT2D eigenvalue weighted by atomic mass is 10.1. The van der Waals surface area contributed by atoms with E-state index in [1.54, 1.807) is 0 Å². The molecule has 0 aliphatic carbocycles. The summed E-state index contributed by atoms with van der Waals surface area (Å²) in [6.45, 7) is 4.87. The Bertz CT molecular complexity index is 302. The van der Waals surface area contributed by atoms with E-state index in [2.05, 4.69) is 11.9 Å². The molecule has 6 N–H and O–H groups in total. The predicted molar refractivity (Wildman–Crippen MR) is 62.8 cm³/mol. The number of rotatable bonds is 4. The first kappa shape index (κ1) is 14.9. The second-order valence-corrected chi connectivity index (χ2v) is 3.42. The number of nitriles is 1. The Labute approximate surface area is 99.9 Å². The van der Waals surface area contributed by atoms with E-state index in [0.29, 0.717) is 6.61 Å². The first-order chi connectivity index (χ1) is 8.11. The molecule has 1 aliphatic heterocycles. The van der Waals surface area contributed by atoms with Gasteiger partial charge >= 0.3 is 0 Å². The van der Waals surface area contributed by atoms with Gasteiger partial charge in [-0.05, 0) is 12.8 Å². The second-order valence-electron chi connectivity index (χ2n) is 3.42. The van der Waals surface area contributed by atoms with Gasteiger partial charge < -0.3 is 21.5 Å². The van der Waals surface area contributed by atoms with Gasteiger partial charge in [0.2, 0.25) is 0 Å². The monoisotopic (exact) mass is 239 g/mol. The molecular weight excluding hydrogens is 222 g/mol. The molecule has 0 aromatic heterocycles. The largest absolute Gasteiger partial charge is 0.385 e. The molecule has 0 aromatic carbocycles. The summed E-state index contributed by atoms with van der Waals surface area (Å²) in [6.07, 6.45) is 3.35. The van der Waals surface area contributed by atoms with Gasteiger partial charge in [0.15, 0.2) is 0 Å². The number of nitrogens with zero attached hydrogens (tertiary/aromatic N) is 1. The van der Waals surface area contributed by atoms with E-state index in [1.807, 2.05) is 0 Å². The Hall–Kier alpha value is -2.07. The van der Waals surface area contributed by atoms with Crippen LogP contribution >= 0.6 is 0 Å². The molecule has 94 valence electrons. The third kappa shape index (κ3) is 5.53. The van der Waals surface area contributed by atoms with Crippen LogP contribution in [-0.2, 0) is 9.53 Å². The second kappa shape index (κ2) is 8.13. The normalized spacial score (nSPS) is 19.6. The average molecular weight is 239 g/mol. The van der Waals surface area contributed by atoms with E-state index in [4.69, 9.17) is 26.9 Å². The highest BCUT2D eigenvalue weighted by Crippen LogP contribution is 2.05. The number of carbonyl (C=O) groups excluding carboxylic acids is 1. The van der Waals surface area contributed by atoms with E-state index in [9.17, 15) is 4.79 Å². The molecular formula is C10H17N5O2. The van der Waals surface area contributed by atoms with E-state index < -0.39 is 5.91 Å². The van der Waals surface area contributed by atoms with Crippen molar-refractivity contribution in [3.05, 3.63) is 11.8 Å². The third-order valence-corrected chi connectivity index (χ3v) is 2.18. The van der Waals surface area contributed by atoms with Crippen LogP contribution in [0.4, 0.5) is 0 Å². The van der Waals surface area contributed by atoms with Gasteiger partial charge in [-0.25, -0.2) is 5.26 Å². The van der Waals surface area contributed by atoms with Gasteiger partial charge in [-0.3, -0.25) is 10.2 Å². The van der Waals surface area contributed by atoms with Crippen LogP contribution in [0.1, 0.15) is 12.8 Å². The molecule has 1 rings (SSSR count). The van der Waals surface area contributed by atoms with Crippen molar-refractivity contribution in [3.8, 4) is 6.57 Å². The number of amidine groups is 1. The molecule has 0 aromatic rings. The minimum Gasteiger partial charge on any atom is -0.385 e. The molecule has 0 spiro atoms. The maximum absolute atomic E-state index is 10.9. The van der Waals surface area contributed by atoms with Crippen LogP contribution in [0.3, 0.4) is 0 Å². The number of hydrogen-bond acceptors (Lipinski definition) is 5. The summed E-state index contributed by atoms with van der Waals surface area (Å²) in [4.78, 5) is 10.9. The summed E-state index contributed by atoms with van der Waals surface area (Å²) in [5.41, 5.74) is 10.3. The predicted octanol–water partition coefficient (Wildman–Crippen LogP) is -0.800. The van der Waals surface area contributed by atoms with Crippen molar-refractivity contribution in [2.24, 2.45) is 11.5 Å². The van der Waals surface area contributed by atoms with Crippen molar-refractivity contribution < 1.29 is 9.53 Å². The summed E-state index contributed by atoms with van der Waals surface area (Å²) < 4.78 is 5.24. The van der Waals surface area contributed by atoms with Crippen LogP contribution in [0.25, 0.3) is 0 Å². The van der Waals surface area contributed by atoms with E-state index in [-0.39, 0.29) is 17.5 Å². The number of amides is 1. The number of nitrogens with two attached hydrogens (primary N) is 2. The SMILES string of the molecule is C#N.N=C(N)/C(=C\NC1CCCOC1)C(N)=O. The summed E-state index contributed by atoms with van der Waals surface area (Å²) in [7, 11) is 0. The van der Waals surface area contributed by atoms with E-state index in [0.717, 1.165) is 19.4 Å². The topological polar surface area (TPSA) is 138 Å². The fraction of sp³-hybridized carbons (Fsp3) is 0.500. The van der Waals surface area contributed by atoms with Gasteiger partial charge in [-0.15, -0.1) is 0 Å². The molecule has 17 heavy (non-hydrogen) atoms. The van der Waals surface area contributed by atoms with Gasteiger partial charge in [0, 0.05) is 25.4 Å². The summed E-state index contributed by atoms with van der Waals surface area (Å²) in [6, 6.07) is 0.160. The van der Waals surface area contributed by atoms with Crippen molar-refractivity contribution >= 4 is 11.7 Å². The maximum Gasteiger partial charge on any atom is 0.253 e. The first-order valence-corrected chi connectivity index (χ1v) is 5.05. The van der Waals surface area contributed by atoms with Crippen LogP contribution in [0.2, 0.25) is 0 Å². The molecule has 1 unspecified atom stereocenters. The van der Waals surface area contributed by atoms with Gasteiger partial charge in [-0.1, -0.05) is 0 Å². The third-order valence-electron chi connectivity index (χ3n) is 2.18. The maximum atomic E-state index is 10.9. The van der Waals surface area contributed by atoms with Crippen molar-refractivity contribution in [3.63, 3.8) is 0 Å². The summed E-state index contributed by atoms with van der Waals surface area (Å²) >= 11 is 0. The molecule has 7 nitrogen and oxygen atoms in total. The van der Waals surface area contributed by atoms with Gasteiger partial charge in [0.25, 0.3) is 5.91 Å². The summed E-state index contributed by atoms with van der Waals surface area (Å²) in [5, 5.41) is 16.6. The van der Waals surface area contributed by atoms with E-state index >= 15 is 0 Å². The van der Waals surface area contributed by atoms with Crippen LogP contribution in [0, 0.1) is 17.2 Å². The number of nitrogens with one attached hydrogen (secondary N) is 2. The molecule has 1 fully saturated rings. The van der Waals surface area contributed by atoms with Gasteiger partial charge in [-0.2, -0.15) is 0 Å². The molecule has 7 heteroatoms. The lowest BCUT2D eigenvalue weighted by Gasteiger charge is -2.22. The quantitative estimate of drug-likeness (QED) is 0.289. The Morgan fingerprint density at radius 1 is 1.53 bits per heavy atom. The zero-order valence-corrected chi connectivity index (χ0v) is 9.48. The van der Waals surface area contributed by atoms with Gasteiger partial charge in [0.05, 0.1) is 12.2 Å². The number of hydrogen-bond donors (Lipinski definition) is 4. The highest BCUT2D eigenvalue weighted by Gasteiger charge is 2.13. The van der Waals surface area contributed by atoms with Crippen LogP contribution in [0.15, 0.2) is 11.8 Å². The number of carbonyl (C=O) groups is 1. The van der Waals surface area contributed by atoms with E-state index in [1.165, 1.54) is 6.20 Å². The summed E-state index contributed by atoms with van der Waals surface area (Å²) in [5.74, 6) is -1.03. The lowest BCUT2D eigenvalue weighted by Crippen LogP contribution is -2.35. The fourth-order valence-corrected chi connectivity index (χ4v) is 1.35. The Morgan fingerprint density at radius 2 is 2.18 bits per heavy atom. The average Bonchev–Trinajstić information content (AvgIpc) is 2.32. The molecule has 1 heterocycles. The highest BCUT2D eigenvalue weighted by molar-refractivity contribution is 6.18. The number of primary amides is 1. The van der Waals surface area contributed by atoms with Gasteiger partial charge in [0.1, 0.15) is 5.84 Å². The lowest BCUT2D eigenvalue weighted by molar-refractivity contribution is -0.114. The minimum atomic E-state index is -0.702. The fourth-order valence-electron chi connectivity index (χ4n) is 1.35. The first-order valence-electron chi connectivity index (χ1n) is 5.05. The molecule has 0 bridgehead atoms. The molecule has 0 radical (unpaired) electrons. The molecule has 1 atom stereocenters. The van der Waals surface area contributed by atoms with Crippen LogP contribution < -0.4 is 16.8 Å². The Balaban J connectivity index is 0.00000121. The molecule has 1 aliphatic rings. The van der Waals surface area contributed by atoms with Crippen molar-refractivity contribution in [2.45, 2.75) is 18.9 Å². The minimum absolute atomic E-state index is 0.000531. The Kier molecular flexibility index (Phi) is 7.14. The smallest absolute Gasteiger partial charge is 0.253 e. The van der Waals surface area contributed by atoms with Crippen molar-refractivity contribution in [1.82, 2.24) is 5.32 Å². The van der Waals surface area contributed by atoms with Crippen LogP contribution in [-0.4, -0.2) is 31.0 Å². The zero-order chi connectivity index (χ0) is 13.3. The number of ether oxygens (including phenoxy) is 1. The molecule has 1 saturated heterocycles. The van der Waals surface area contributed by atoms with Crippen LogP contribution in [0.5, 0.6) is 0 Å². The Morgan fingerprint density at radius 3 is 2.59 bits per heavy atom.